The van der Waals surface area contributed by atoms with E-state index >= 15 is 0 Å². The van der Waals surface area contributed by atoms with Crippen molar-refractivity contribution in [1.82, 2.24) is 5.32 Å². The number of rotatable bonds is 7. The predicted molar refractivity (Wildman–Crippen MR) is 60.4 cm³/mol. The van der Waals surface area contributed by atoms with Crippen molar-refractivity contribution in [3.63, 3.8) is 0 Å². The highest BCUT2D eigenvalue weighted by atomic mass is 35.5. The van der Waals surface area contributed by atoms with Crippen molar-refractivity contribution in [1.29, 1.82) is 0 Å². The normalized spacial score (nSPS) is 12.2. The highest BCUT2D eigenvalue weighted by Crippen LogP contribution is 2.04. The molecule has 1 unspecified atom stereocenters. The quantitative estimate of drug-likeness (QED) is 0.544. The highest BCUT2D eigenvalue weighted by Gasteiger charge is 2.01. The van der Waals surface area contributed by atoms with Crippen LogP contribution in [0.2, 0.25) is 0 Å². The molecule has 0 aliphatic heterocycles. The van der Waals surface area contributed by atoms with Crippen LogP contribution in [-0.2, 0) is 0 Å². The van der Waals surface area contributed by atoms with Crippen molar-refractivity contribution >= 4 is 47.2 Å². The molecule has 12 heavy (non-hydrogen) atoms. The summed E-state index contributed by atoms with van der Waals surface area (Å²) < 4.78 is 0. The Balaban J connectivity index is 0. The van der Waals surface area contributed by atoms with Gasteiger partial charge in [0.2, 0.25) is 0 Å². The third kappa shape index (κ3) is 11.1. The van der Waals surface area contributed by atoms with Gasteiger partial charge in [0.15, 0.2) is 0 Å². The first-order chi connectivity index (χ1) is 5.31. The van der Waals surface area contributed by atoms with Crippen LogP contribution < -0.4 is 5.32 Å². The van der Waals surface area contributed by atoms with Gasteiger partial charge < -0.3 is 5.32 Å². The molecule has 0 aromatic carbocycles. The fourth-order valence-corrected chi connectivity index (χ4v) is 1.28. The number of hydrogen-bond acceptors (Lipinski definition) is 1. The Morgan fingerprint density at radius 2 is 1.83 bits per heavy atom. The smallest absolute Gasteiger partial charge is 0.0461 e. The first kappa shape index (κ1) is 15.6. The number of halogens is 4. The van der Waals surface area contributed by atoms with Crippen molar-refractivity contribution in [3.8, 4) is 0 Å². The molecule has 0 amide bonds. The summed E-state index contributed by atoms with van der Waals surface area (Å²) in [7, 11) is 0. The maximum Gasteiger partial charge on any atom is 0.0461 e. The Bertz CT molecular complexity index is 81.8. The monoisotopic (exact) mass is 253 g/mol. The lowest BCUT2D eigenvalue weighted by atomic mass is 10.2. The van der Waals surface area contributed by atoms with Gasteiger partial charge in [0.25, 0.3) is 0 Å². The van der Waals surface area contributed by atoms with E-state index in [2.05, 4.69) is 5.32 Å². The van der Waals surface area contributed by atoms with Gasteiger partial charge in [-0.1, -0.05) is 0 Å². The van der Waals surface area contributed by atoms with Crippen LogP contribution >= 0.6 is 47.2 Å². The van der Waals surface area contributed by atoms with E-state index in [-0.39, 0.29) is 17.8 Å². The lowest BCUT2D eigenvalue weighted by Crippen LogP contribution is -2.25. The molecular weight excluding hydrogens is 240 g/mol. The van der Waals surface area contributed by atoms with Crippen LogP contribution in [-0.4, -0.2) is 30.2 Å². The molecule has 0 aliphatic rings. The van der Waals surface area contributed by atoms with Crippen LogP contribution in [0.25, 0.3) is 0 Å². The zero-order valence-electron chi connectivity index (χ0n) is 6.86. The zero-order chi connectivity index (χ0) is 8.53. The Kier molecular flexibility index (Phi) is 15.7. The standard InChI is InChI=1S/C7H14Cl3N.ClH/c8-3-1-2-7(10)6-11-5-4-9;/h7,11H,1-6H2;1H. The number of alkyl halides is 3. The minimum Gasteiger partial charge on any atom is -0.314 e. The van der Waals surface area contributed by atoms with E-state index in [0.29, 0.717) is 11.8 Å². The van der Waals surface area contributed by atoms with Gasteiger partial charge in [0.05, 0.1) is 0 Å². The van der Waals surface area contributed by atoms with Crippen molar-refractivity contribution in [3.05, 3.63) is 0 Å². The molecule has 5 heteroatoms. The van der Waals surface area contributed by atoms with Crippen LogP contribution in [0.5, 0.6) is 0 Å². The van der Waals surface area contributed by atoms with Crippen molar-refractivity contribution in [2.75, 3.05) is 24.8 Å². The summed E-state index contributed by atoms with van der Waals surface area (Å²) in [5, 5.41) is 3.33. The van der Waals surface area contributed by atoms with Crippen molar-refractivity contribution < 1.29 is 0 Å². The molecule has 0 aromatic rings. The zero-order valence-corrected chi connectivity index (χ0v) is 9.95. The largest absolute Gasteiger partial charge is 0.314 e. The third-order valence-corrected chi connectivity index (χ3v) is 2.12. The Hall–Kier alpha value is 1.12. The summed E-state index contributed by atoms with van der Waals surface area (Å²) in [4.78, 5) is 0. The molecule has 0 bridgehead atoms. The van der Waals surface area contributed by atoms with Gasteiger partial charge in [-0.25, -0.2) is 0 Å². The van der Waals surface area contributed by atoms with E-state index in [1.54, 1.807) is 0 Å². The topological polar surface area (TPSA) is 12.0 Å². The maximum absolute atomic E-state index is 5.93. The molecule has 0 spiro atoms. The fraction of sp³-hybridized carbons (Fsp3) is 1.00. The van der Waals surface area contributed by atoms with Crippen molar-refractivity contribution in [2.24, 2.45) is 0 Å². The number of hydrogen-bond donors (Lipinski definition) is 1. The Labute approximate surface area is 95.5 Å². The van der Waals surface area contributed by atoms with Gasteiger partial charge in [-0.2, -0.15) is 0 Å². The summed E-state index contributed by atoms with van der Waals surface area (Å²) in [6, 6.07) is 0. The first-order valence-corrected chi connectivity index (χ1v) is 5.28. The van der Waals surface area contributed by atoms with Gasteiger partial charge in [-0.3, -0.25) is 0 Å². The second kappa shape index (κ2) is 12.1. The van der Waals surface area contributed by atoms with Gasteiger partial charge in [0.1, 0.15) is 0 Å². The SMILES string of the molecule is Cl.ClCCCC(Cl)CNCCCl. The van der Waals surface area contributed by atoms with E-state index in [9.17, 15) is 0 Å². The minimum absolute atomic E-state index is 0. The molecule has 0 radical (unpaired) electrons. The molecule has 0 heterocycles. The van der Waals surface area contributed by atoms with Crippen LogP contribution in [0.15, 0.2) is 0 Å². The third-order valence-electron chi connectivity index (χ3n) is 1.29. The molecule has 1 N–H and O–H groups in total. The molecule has 0 aliphatic carbocycles. The molecule has 0 saturated heterocycles. The van der Waals surface area contributed by atoms with Gasteiger partial charge in [0, 0.05) is 30.2 Å². The van der Waals surface area contributed by atoms with Crippen LogP contribution in [0.3, 0.4) is 0 Å². The molecule has 76 valence electrons. The van der Waals surface area contributed by atoms with Crippen molar-refractivity contribution in [2.45, 2.75) is 18.2 Å². The molecule has 0 rings (SSSR count). The van der Waals surface area contributed by atoms with Gasteiger partial charge in [-0.15, -0.1) is 47.2 Å². The molecule has 1 nitrogen and oxygen atoms in total. The summed E-state index contributed by atoms with van der Waals surface area (Å²) in [6.07, 6.45) is 1.96. The van der Waals surface area contributed by atoms with E-state index in [4.69, 9.17) is 34.8 Å². The minimum atomic E-state index is 0. The lowest BCUT2D eigenvalue weighted by molar-refractivity contribution is 0.643. The van der Waals surface area contributed by atoms with Crippen LogP contribution in [0.1, 0.15) is 12.8 Å². The maximum atomic E-state index is 5.93. The van der Waals surface area contributed by atoms with Crippen LogP contribution in [0, 0.1) is 0 Å². The van der Waals surface area contributed by atoms with E-state index < -0.39 is 0 Å². The van der Waals surface area contributed by atoms with E-state index in [1.165, 1.54) is 0 Å². The Morgan fingerprint density at radius 1 is 1.17 bits per heavy atom. The number of nitrogens with one attached hydrogen (secondary N) is 1. The molecule has 0 aromatic heterocycles. The lowest BCUT2D eigenvalue weighted by Gasteiger charge is -2.08. The molecular formula is C7H15Cl4N. The summed E-state index contributed by atoms with van der Waals surface area (Å²) >= 11 is 16.9. The van der Waals surface area contributed by atoms with E-state index in [0.717, 1.165) is 25.9 Å². The average Bonchev–Trinajstić information content (AvgIpc) is 2.01. The highest BCUT2D eigenvalue weighted by molar-refractivity contribution is 6.21. The fourth-order valence-electron chi connectivity index (χ4n) is 0.726. The summed E-state index contributed by atoms with van der Waals surface area (Å²) in [5.41, 5.74) is 0. The Morgan fingerprint density at radius 3 is 2.33 bits per heavy atom. The van der Waals surface area contributed by atoms with Gasteiger partial charge >= 0.3 is 0 Å². The summed E-state index contributed by atoms with van der Waals surface area (Å²) in [6.45, 7) is 1.65. The van der Waals surface area contributed by atoms with E-state index in [1.807, 2.05) is 0 Å². The molecule has 0 saturated carbocycles. The first-order valence-electron chi connectivity index (χ1n) is 3.78. The second-order valence-electron chi connectivity index (χ2n) is 2.32. The average molecular weight is 255 g/mol. The van der Waals surface area contributed by atoms with Crippen LogP contribution in [0.4, 0.5) is 0 Å². The van der Waals surface area contributed by atoms with Gasteiger partial charge in [-0.05, 0) is 12.8 Å². The molecule has 1 atom stereocenters. The molecule has 0 fully saturated rings. The second-order valence-corrected chi connectivity index (χ2v) is 3.69. The summed E-state index contributed by atoms with van der Waals surface area (Å²) in [5.74, 6) is 1.33. The predicted octanol–water partition coefficient (Wildman–Crippen LogP) is 2.86.